The van der Waals surface area contributed by atoms with Crippen LogP contribution in [0.3, 0.4) is 0 Å². The van der Waals surface area contributed by atoms with Gasteiger partial charge in [-0.25, -0.2) is 0 Å². The summed E-state index contributed by atoms with van der Waals surface area (Å²) in [6, 6.07) is 7.62. The number of carbonyl (C=O) groups excluding carboxylic acids is 1. The molecule has 0 amide bonds. The number of ketones is 1. The van der Waals surface area contributed by atoms with Crippen LogP contribution in [0.15, 0.2) is 28.7 Å². The lowest BCUT2D eigenvalue weighted by atomic mass is 10.1. The standard InChI is InChI=1S/C14H16BrNO2/c15-13-4-2-1-3-12(13)14(17)9-16-7-10-5-6-11(8-16)18-10/h1-4,10-11H,5-9H2. The Morgan fingerprint density at radius 1 is 1.28 bits per heavy atom. The maximum absolute atomic E-state index is 12.3. The molecule has 2 bridgehead atoms. The van der Waals surface area contributed by atoms with Crippen LogP contribution >= 0.6 is 15.9 Å². The summed E-state index contributed by atoms with van der Waals surface area (Å²) in [5.41, 5.74) is 0.774. The van der Waals surface area contributed by atoms with Crippen LogP contribution in [-0.4, -0.2) is 42.5 Å². The highest BCUT2D eigenvalue weighted by atomic mass is 79.9. The lowest BCUT2D eigenvalue weighted by Crippen LogP contribution is -2.44. The Balaban J connectivity index is 1.66. The SMILES string of the molecule is O=C(CN1CC2CCC(C1)O2)c1ccccc1Br. The second-order valence-electron chi connectivity index (χ2n) is 5.05. The van der Waals surface area contributed by atoms with Gasteiger partial charge in [0.25, 0.3) is 0 Å². The molecule has 0 spiro atoms. The van der Waals surface area contributed by atoms with E-state index in [4.69, 9.17) is 4.74 Å². The minimum Gasteiger partial charge on any atom is -0.372 e. The zero-order valence-corrected chi connectivity index (χ0v) is 11.7. The van der Waals surface area contributed by atoms with Gasteiger partial charge in [0.1, 0.15) is 0 Å². The number of hydrogen-bond acceptors (Lipinski definition) is 3. The van der Waals surface area contributed by atoms with Gasteiger partial charge < -0.3 is 4.74 Å². The van der Waals surface area contributed by atoms with Crippen molar-refractivity contribution in [1.82, 2.24) is 4.90 Å². The van der Waals surface area contributed by atoms with Crippen LogP contribution in [0.25, 0.3) is 0 Å². The number of likely N-dealkylation sites (tertiary alicyclic amines) is 1. The van der Waals surface area contributed by atoms with Crippen molar-refractivity contribution < 1.29 is 9.53 Å². The first kappa shape index (κ1) is 12.3. The van der Waals surface area contributed by atoms with Crippen LogP contribution < -0.4 is 0 Å². The van der Waals surface area contributed by atoms with Crippen molar-refractivity contribution in [1.29, 1.82) is 0 Å². The molecule has 0 aliphatic carbocycles. The first-order valence-electron chi connectivity index (χ1n) is 6.38. The van der Waals surface area contributed by atoms with E-state index in [9.17, 15) is 4.79 Å². The van der Waals surface area contributed by atoms with E-state index < -0.39 is 0 Å². The molecule has 2 atom stereocenters. The van der Waals surface area contributed by atoms with Gasteiger partial charge >= 0.3 is 0 Å². The van der Waals surface area contributed by atoms with Crippen molar-refractivity contribution >= 4 is 21.7 Å². The zero-order valence-electron chi connectivity index (χ0n) is 10.1. The molecule has 1 aromatic rings. The average Bonchev–Trinajstić information content (AvgIpc) is 2.69. The summed E-state index contributed by atoms with van der Waals surface area (Å²) in [5, 5.41) is 0. The van der Waals surface area contributed by atoms with Gasteiger partial charge in [-0.3, -0.25) is 9.69 Å². The van der Waals surface area contributed by atoms with E-state index in [1.165, 1.54) is 0 Å². The fourth-order valence-electron chi connectivity index (χ4n) is 2.80. The number of morpholine rings is 1. The van der Waals surface area contributed by atoms with E-state index >= 15 is 0 Å². The van der Waals surface area contributed by atoms with Gasteiger partial charge in [0.15, 0.2) is 5.78 Å². The van der Waals surface area contributed by atoms with E-state index in [0.29, 0.717) is 18.8 Å². The number of nitrogens with zero attached hydrogens (tertiary/aromatic N) is 1. The summed E-state index contributed by atoms with van der Waals surface area (Å²) in [4.78, 5) is 14.5. The number of Topliss-reactive ketones (excluding diaryl/α,β-unsaturated/α-hetero) is 1. The minimum atomic E-state index is 0.184. The third kappa shape index (κ3) is 2.51. The van der Waals surface area contributed by atoms with Gasteiger partial charge in [0.05, 0.1) is 18.8 Å². The number of benzene rings is 1. The Labute approximate surface area is 115 Å². The predicted octanol–water partition coefficient (Wildman–Crippen LogP) is 2.50. The van der Waals surface area contributed by atoms with Crippen molar-refractivity contribution in [2.45, 2.75) is 25.0 Å². The van der Waals surface area contributed by atoms with Gasteiger partial charge in [-0.1, -0.05) is 34.1 Å². The molecule has 1 aromatic carbocycles. The molecule has 0 saturated carbocycles. The van der Waals surface area contributed by atoms with E-state index in [0.717, 1.165) is 36.0 Å². The van der Waals surface area contributed by atoms with Crippen LogP contribution in [0.5, 0.6) is 0 Å². The van der Waals surface area contributed by atoms with Crippen molar-refractivity contribution in [3.05, 3.63) is 34.3 Å². The van der Waals surface area contributed by atoms with Gasteiger partial charge in [0, 0.05) is 23.1 Å². The first-order chi connectivity index (χ1) is 8.72. The van der Waals surface area contributed by atoms with E-state index in [1.54, 1.807) is 0 Å². The summed E-state index contributed by atoms with van der Waals surface area (Å²) < 4.78 is 6.66. The Morgan fingerprint density at radius 3 is 2.61 bits per heavy atom. The summed E-state index contributed by atoms with van der Waals surface area (Å²) in [5.74, 6) is 0.184. The summed E-state index contributed by atoms with van der Waals surface area (Å²) in [7, 11) is 0. The van der Waals surface area contributed by atoms with Gasteiger partial charge in [0.2, 0.25) is 0 Å². The molecular weight excluding hydrogens is 294 g/mol. The molecule has 0 aromatic heterocycles. The highest BCUT2D eigenvalue weighted by Crippen LogP contribution is 2.26. The third-order valence-corrected chi connectivity index (χ3v) is 4.35. The van der Waals surface area contributed by atoms with E-state index in [2.05, 4.69) is 20.8 Å². The maximum atomic E-state index is 12.3. The highest BCUT2D eigenvalue weighted by molar-refractivity contribution is 9.10. The Hall–Kier alpha value is -0.710. The van der Waals surface area contributed by atoms with Crippen LogP contribution in [-0.2, 0) is 4.74 Å². The first-order valence-corrected chi connectivity index (χ1v) is 7.17. The smallest absolute Gasteiger partial charge is 0.177 e. The lowest BCUT2D eigenvalue weighted by molar-refractivity contribution is -0.0355. The molecule has 3 rings (SSSR count). The van der Waals surface area contributed by atoms with Crippen molar-refractivity contribution in [3.63, 3.8) is 0 Å². The molecule has 2 fully saturated rings. The summed E-state index contributed by atoms with van der Waals surface area (Å²) in [6.07, 6.45) is 2.97. The van der Waals surface area contributed by atoms with Gasteiger partial charge in [-0.05, 0) is 18.9 Å². The molecule has 2 aliphatic heterocycles. The molecule has 3 nitrogen and oxygen atoms in total. The molecule has 96 valence electrons. The second kappa shape index (κ2) is 5.11. The number of halogens is 1. The van der Waals surface area contributed by atoms with E-state index in [1.807, 2.05) is 24.3 Å². The average molecular weight is 310 g/mol. The van der Waals surface area contributed by atoms with Crippen LogP contribution in [0.1, 0.15) is 23.2 Å². The van der Waals surface area contributed by atoms with Crippen LogP contribution in [0.2, 0.25) is 0 Å². The predicted molar refractivity (Wildman–Crippen MR) is 72.8 cm³/mol. The van der Waals surface area contributed by atoms with Crippen LogP contribution in [0.4, 0.5) is 0 Å². The van der Waals surface area contributed by atoms with Gasteiger partial charge in [-0.2, -0.15) is 0 Å². The number of fused-ring (bicyclic) bond motifs is 2. The minimum absolute atomic E-state index is 0.184. The summed E-state index contributed by atoms with van der Waals surface area (Å²) in [6.45, 7) is 2.29. The molecule has 18 heavy (non-hydrogen) atoms. The molecule has 2 aliphatic rings. The highest BCUT2D eigenvalue weighted by Gasteiger charge is 2.34. The van der Waals surface area contributed by atoms with Crippen molar-refractivity contribution in [2.75, 3.05) is 19.6 Å². The third-order valence-electron chi connectivity index (χ3n) is 3.66. The molecule has 2 saturated heterocycles. The molecule has 0 radical (unpaired) electrons. The number of carbonyl (C=O) groups is 1. The fraction of sp³-hybridized carbons (Fsp3) is 0.500. The summed E-state index contributed by atoms with van der Waals surface area (Å²) >= 11 is 3.43. The largest absolute Gasteiger partial charge is 0.372 e. The van der Waals surface area contributed by atoms with Gasteiger partial charge in [-0.15, -0.1) is 0 Å². The number of ether oxygens (including phenoxy) is 1. The van der Waals surface area contributed by atoms with Crippen LogP contribution in [0, 0.1) is 0 Å². The quantitative estimate of drug-likeness (QED) is 0.804. The molecule has 2 unspecified atom stereocenters. The molecule has 4 heteroatoms. The Morgan fingerprint density at radius 2 is 1.94 bits per heavy atom. The maximum Gasteiger partial charge on any atom is 0.177 e. The topological polar surface area (TPSA) is 29.5 Å². The Kier molecular flexibility index (Phi) is 3.50. The van der Waals surface area contributed by atoms with E-state index in [-0.39, 0.29) is 5.78 Å². The normalized spacial score (nSPS) is 27.4. The number of hydrogen-bond donors (Lipinski definition) is 0. The van der Waals surface area contributed by atoms with Crippen molar-refractivity contribution in [3.8, 4) is 0 Å². The molecule has 2 heterocycles. The molecule has 0 N–H and O–H groups in total. The van der Waals surface area contributed by atoms with Crippen molar-refractivity contribution in [2.24, 2.45) is 0 Å². The monoisotopic (exact) mass is 309 g/mol. The number of rotatable bonds is 3. The zero-order chi connectivity index (χ0) is 12.5. The lowest BCUT2D eigenvalue weighted by Gasteiger charge is -2.31. The second-order valence-corrected chi connectivity index (χ2v) is 5.91. The fourth-order valence-corrected chi connectivity index (χ4v) is 3.31. The Bertz CT molecular complexity index is 451. The molecular formula is C14H16BrNO2.